The number of carboxylic acids is 1. The maximum absolute atomic E-state index is 12.9. The molecule has 2 aromatic carbocycles. The Morgan fingerprint density at radius 1 is 1.09 bits per heavy atom. The Kier molecular flexibility index (Phi) is 8.07. The number of fused-ring (bicyclic) bond motifs is 1. The van der Waals surface area contributed by atoms with Gasteiger partial charge in [-0.3, -0.25) is 19.3 Å². The van der Waals surface area contributed by atoms with Crippen LogP contribution in [0.25, 0.3) is 0 Å². The smallest absolute Gasteiger partial charge is 0.394 e. The van der Waals surface area contributed by atoms with Gasteiger partial charge in [0.15, 0.2) is 0 Å². The molecular formula is C24H23N3O7S. The number of amides is 3. The lowest BCUT2D eigenvalue weighted by Crippen LogP contribution is -2.45. The van der Waals surface area contributed by atoms with E-state index in [1.165, 1.54) is 7.11 Å². The fraction of sp³-hybridized carbons (Fsp3) is 0.167. The van der Waals surface area contributed by atoms with Crippen molar-refractivity contribution in [3.8, 4) is 5.75 Å². The van der Waals surface area contributed by atoms with Crippen molar-refractivity contribution in [3.05, 3.63) is 88.3 Å². The lowest BCUT2D eigenvalue weighted by atomic mass is 10.1. The van der Waals surface area contributed by atoms with E-state index >= 15 is 0 Å². The predicted molar refractivity (Wildman–Crippen MR) is 128 cm³/mol. The van der Waals surface area contributed by atoms with Crippen molar-refractivity contribution in [3.63, 3.8) is 0 Å². The normalized spacial score (nSPS) is 13.4. The van der Waals surface area contributed by atoms with E-state index in [0.717, 1.165) is 21.7 Å². The standard InChI is InChI=1S/C24H23N3O7S/c1-14(35-15(2)25-21(28)24(31)32)20(27(33)12-16-8-10-17(34-3)11-9-16)13-26-22(29)18-6-4-5-7-19(18)23(26)30/h4-11,20,33H,1-2,12-13H2,3H3,(H,25,28)(H,31,32). The third-order valence-corrected chi connectivity index (χ3v) is 6.05. The molecule has 0 aliphatic carbocycles. The number of benzene rings is 2. The first-order valence-corrected chi connectivity index (χ1v) is 11.1. The van der Waals surface area contributed by atoms with Crippen molar-refractivity contribution in [2.24, 2.45) is 0 Å². The molecule has 11 heteroatoms. The van der Waals surface area contributed by atoms with Gasteiger partial charge in [0.25, 0.3) is 11.8 Å². The number of carbonyl (C=O) groups is 4. The Morgan fingerprint density at radius 2 is 1.66 bits per heavy atom. The van der Waals surface area contributed by atoms with Crippen LogP contribution in [0, 0.1) is 0 Å². The summed E-state index contributed by atoms with van der Waals surface area (Å²) in [6, 6.07) is 12.3. The van der Waals surface area contributed by atoms with Crippen molar-refractivity contribution in [1.29, 1.82) is 0 Å². The summed E-state index contributed by atoms with van der Waals surface area (Å²) in [5.41, 5.74) is 1.22. The highest BCUT2D eigenvalue weighted by Gasteiger charge is 2.38. The molecule has 0 radical (unpaired) electrons. The van der Waals surface area contributed by atoms with Gasteiger partial charge in [-0.2, -0.15) is 5.06 Å². The molecule has 1 aliphatic heterocycles. The van der Waals surface area contributed by atoms with Crippen LogP contribution in [0.3, 0.4) is 0 Å². The van der Waals surface area contributed by atoms with E-state index in [0.29, 0.717) is 11.3 Å². The number of methoxy groups -OCH3 is 1. The second-order valence-corrected chi connectivity index (χ2v) is 8.70. The summed E-state index contributed by atoms with van der Waals surface area (Å²) in [4.78, 5) is 49.2. The summed E-state index contributed by atoms with van der Waals surface area (Å²) in [6.45, 7) is 7.27. The number of nitrogens with one attached hydrogen (secondary N) is 1. The predicted octanol–water partition coefficient (Wildman–Crippen LogP) is 2.47. The summed E-state index contributed by atoms with van der Waals surface area (Å²) in [5, 5.41) is 22.7. The van der Waals surface area contributed by atoms with Crippen molar-refractivity contribution >= 4 is 35.5 Å². The topological polar surface area (TPSA) is 136 Å². The molecule has 1 atom stereocenters. The van der Waals surface area contributed by atoms with Gasteiger partial charge in [0.2, 0.25) is 0 Å². The van der Waals surface area contributed by atoms with E-state index in [2.05, 4.69) is 18.5 Å². The first-order valence-electron chi connectivity index (χ1n) is 10.3. The summed E-state index contributed by atoms with van der Waals surface area (Å²) in [5.74, 6) is -3.37. The first kappa shape index (κ1) is 25.7. The van der Waals surface area contributed by atoms with Crippen LogP contribution in [0.4, 0.5) is 0 Å². The average Bonchev–Trinajstić information content (AvgIpc) is 3.07. The van der Waals surface area contributed by atoms with Gasteiger partial charge in [0.05, 0.1) is 35.9 Å². The third kappa shape index (κ3) is 5.96. The fourth-order valence-corrected chi connectivity index (χ4v) is 4.19. The minimum absolute atomic E-state index is 0.00533. The van der Waals surface area contributed by atoms with Gasteiger partial charge < -0.3 is 20.4 Å². The van der Waals surface area contributed by atoms with Gasteiger partial charge in [-0.25, -0.2) is 4.79 Å². The Morgan fingerprint density at radius 3 is 2.17 bits per heavy atom. The number of hydrogen-bond donors (Lipinski definition) is 3. The monoisotopic (exact) mass is 497 g/mol. The number of ether oxygens (including phenoxy) is 1. The first-order chi connectivity index (χ1) is 16.6. The van der Waals surface area contributed by atoms with Gasteiger partial charge in [-0.05, 0) is 29.8 Å². The van der Waals surface area contributed by atoms with Crippen molar-refractivity contribution in [2.45, 2.75) is 12.6 Å². The van der Waals surface area contributed by atoms with Gasteiger partial charge in [-0.15, -0.1) is 0 Å². The molecule has 0 fully saturated rings. The van der Waals surface area contributed by atoms with Crippen molar-refractivity contribution in [2.75, 3.05) is 13.7 Å². The largest absolute Gasteiger partial charge is 0.497 e. The van der Waals surface area contributed by atoms with E-state index in [4.69, 9.17) is 9.84 Å². The zero-order chi connectivity index (χ0) is 25.7. The number of aliphatic carboxylic acids is 1. The fourth-order valence-electron chi connectivity index (χ4n) is 3.40. The molecule has 0 saturated heterocycles. The van der Waals surface area contributed by atoms with E-state index in [1.807, 2.05) is 0 Å². The van der Waals surface area contributed by atoms with E-state index in [9.17, 15) is 24.4 Å². The summed E-state index contributed by atoms with van der Waals surface area (Å²) >= 11 is 0.813. The van der Waals surface area contributed by atoms with Crippen LogP contribution in [-0.2, 0) is 16.1 Å². The van der Waals surface area contributed by atoms with Crippen LogP contribution < -0.4 is 10.1 Å². The number of carbonyl (C=O) groups excluding carboxylic acids is 3. The van der Waals surface area contributed by atoms with Gasteiger partial charge in [-0.1, -0.05) is 49.2 Å². The lowest BCUT2D eigenvalue weighted by molar-refractivity contribution is -0.149. The molecule has 0 saturated carbocycles. The molecule has 1 aliphatic rings. The highest BCUT2D eigenvalue weighted by atomic mass is 32.2. The van der Waals surface area contributed by atoms with Crippen molar-refractivity contribution < 1.29 is 34.2 Å². The number of hydroxylamine groups is 2. The van der Waals surface area contributed by atoms with Crippen LogP contribution in [-0.4, -0.2) is 63.7 Å². The summed E-state index contributed by atoms with van der Waals surface area (Å²) in [7, 11) is 1.53. The molecule has 3 N–H and O–H groups in total. The number of carboxylic acid groups (broad SMARTS) is 1. The maximum atomic E-state index is 12.9. The maximum Gasteiger partial charge on any atom is 0.394 e. The Hall–Kier alpha value is -3.93. The van der Waals surface area contributed by atoms with Crippen LogP contribution in [0.5, 0.6) is 5.75 Å². The number of nitrogens with zero attached hydrogens (tertiary/aromatic N) is 2. The van der Waals surface area contributed by atoms with Gasteiger partial charge in [0.1, 0.15) is 5.75 Å². The van der Waals surface area contributed by atoms with Crippen LogP contribution in [0.2, 0.25) is 0 Å². The molecule has 3 amide bonds. The average molecular weight is 498 g/mol. The molecule has 2 aromatic rings. The van der Waals surface area contributed by atoms with E-state index in [-0.39, 0.29) is 34.2 Å². The molecule has 10 nitrogen and oxygen atoms in total. The summed E-state index contributed by atoms with van der Waals surface area (Å²) in [6.07, 6.45) is 0. The molecule has 0 bridgehead atoms. The van der Waals surface area contributed by atoms with Crippen LogP contribution in [0.1, 0.15) is 26.3 Å². The minimum atomic E-state index is -1.69. The quantitative estimate of drug-likeness (QED) is 0.257. The zero-order valence-electron chi connectivity index (χ0n) is 18.8. The Balaban J connectivity index is 1.81. The second kappa shape index (κ2) is 11.0. The van der Waals surface area contributed by atoms with Gasteiger partial charge in [0, 0.05) is 11.4 Å². The third-order valence-electron chi connectivity index (χ3n) is 5.17. The summed E-state index contributed by atoms with van der Waals surface area (Å²) < 4.78 is 5.13. The Labute approximate surface area is 205 Å². The van der Waals surface area contributed by atoms with Crippen molar-refractivity contribution in [1.82, 2.24) is 15.3 Å². The molecule has 1 unspecified atom stereocenters. The van der Waals surface area contributed by atoms with Crippen LogP contribution in [0.15, 0.2) is 71.6 Å². The number of imide groups is 1. The van der Waals surface area contributed by atoms with Crippen LogP contribution >= 0.6 is 11.8 Å². The molecule has 1 heterocycles. The number of hydrogen-bond acceptors (Lipinski definition) is 8. The highest BCUT2D eigenvalue weighted by Crippen LogP contribution is 2.30. The lowest BCUT2D eigenvalue weighted by Gasteiger charge is -2.30. The van der Waals surface area contributed by atoms with E-state index < -0.39 is 29.7 Å². The zero-order valence-corrected chi connectivity index (χ0v) is 19.6. The molecule has 3 rings (SSSR count). The minimum Gasteiger partial charge on any atom is -0.497 e. The number of rotatable bonds is 10. The van der Waals surface area contributed by atoms with Gasteiger partial charge >= 0.3 is 11.9 Å². The molecule has 0 spiro atoms. The SMILES string of the molecule is C=C(NC(=O)C(=O)O)SC(=C)C(CN1C(=O)c2ccccc2C1=O)N(O)Cc1ccc(OC)cc1. The molecule has 182 valence electrons. The highest BCUT2D eigenvalue weighted by molar-refractivity contribution is 8.06. The molecule has 0 aromatic heterocycles. The molecule has 35 heavy (non-hydrogen) atoms. The Bertz CT molecular complexity index is 1160. The van der Waals surface area contributed by atoms with E-state index in [1.54, 1.807) is 48.5 Å². The second-order valence-electron chi connectivity index (χ2n) is 7.48. The number of thioether (sulfide) groups is 1. The molecular weight excluding hydrogens is 474 g/mol.